The van der Waals surface area contributed by atoms with Crippen LogP contribution in [0.3, 0.4) is 0 Å². The van der Waals surface area contributed by atoms with Crippen LogP contribution in [0.25, 0.3) is 5.57 Å². The predicted molar refractivity (Wildman–Crippen MR) is 80.5 cm³/mol. The number of carbonyl (C=O) groups excluding carboxylic acids is 1. The Balaban J connectivity index is 2.39. The summed E-state index contributed by atoms with van der Waals surface area (Å²) in [7, 11) is 1.30. The number of esters is 1. The van der Waals surface area contributed by atoms with E-state index in [1.807, 2.05) is 24.3 Å². The lowest BCUT2D eigenvalue weighted by Gasteiger charge is -2.06. The van der Waals surface area contributed by atoms with E-state index in [9.17, 15) is 4.79 Å². The highest BCUT2D eigenvalue weighted by Gasteiger charge is 2.16. The van der Waals surface area contributed by atoms with Gasteiger partial charge in [-0.25, -0.2) is 4.79 Å². The normalized spacial score (nSPS) is 12.0. The molecule has 21 heavy (non-hydrogen) atoms. The van der Waals surface area contributed by atoms with Gasteiger partial charge in [0, 0.05) is 0 Å². The molecule has 0 amide bonds. The summed E-state index contributed by atoms with van der Waals surface area (Å²) in [6.07, 6.45) is 0. The first-order valence-corrected chi connectivity index (χ1v) is 6.32. The number of benzene rings is 2. The number of azo groups is 1. The lowest BCUT2D eigenvalue weighted by molar-refractivity contribution is -0.133. The summed E-state index contributed by atoms with van der Waals surface area (Å²) in [5, 5.41) is 7.93. The molecular weight excluding hydrogens is 266 g/mol. The van der Waals surface area contributed by atoms with Gasteiger partial charge in [-0.2, -0.15) is 0 Å². The second-order valence-electron chi connectivity index (χ2n) is 4.15. The van der Waals surface area contributed by atoms with E-state index < -0.39 is 5.97 Å². The highest BCUT2D eigenvalue weighted by atomic mass is 16.5. The fourth-order valence-corrected chi connectivity index (χ4v) is 1.73. The van der Waals surface area contributed by atoms with Gasteiger partial charge in [-0.3, -0.25) is 0 Å². The van der Waals surface area contributed by atoms with Crippen LogP contribution >= 0.6 is 0 Å². The maximum absolute atomic E-state index is 11.9. The van der Waals surface area contributed by atoms with Gasteiger partial charge in [0.15, 0.2) is 5.82 Å². The van der Waals surface area contributed by atoms with E-state index in [2.05, 4.69) is 10.2 Å². The van der Waals surface area contributed by atoms with Gasteiger partial charge < -0.3 is 10.5 Å². The molecule has 5 nitrogen and oxygen atoms in total. The molecule has 0 heterocycles. The molecule has 0 aliphatic heterocycles. The number of hydrogen-bond donors (Lipinski definition) is 1. The van der Waals surface area contributed by atoms with E-state index in [-0.39, 0.29) is 11.4 Å². The minimum atomic E-state index is -0.550. The molecule has 0 fully saturated rings. The zero-order valence-electron chi connectivity index (χ0n) is 11.6. The second kappa shape index (κ2) is 7.00. The number of methoxy groups -OCH3 is 1. The van der Waals surface area contributed by atoms with Gasteiger partial charge in [-0.15, -0.1) is 10.2 Å². The summed E-state index contributed by atoms with van der Waals surface area (Å²) in [5.41, 5.74) is 7.37. The summed E-state index contributed by atoms with van der Waals surface area (Å²) >= 11 is 0. The highest BCUT2D eigenvalue weighted by Crippen LogP contribution is 2.20. The van der Waals surface area contributed by atoms with Crippen LogP contribution in [-0.4, -0.2) is 13.1 Å². The first-order valence-electron chi connectivity index (χ1n) is 6.32. The van der Waals surface area contributed by atoms with Crippen LogP contribution in [0.15, 0.2) is 76.7 Å². The highest BCUT2D eigenvalue weighted by molar-refractivity contribution is 6.17. The van der Waals surface area contributed by atoms with Gasteiger partial charge >= 0.3 is 5.97 Å². The lowest BCUT2D eigenvalue weighted by Crippen LogP contribution is -2.10. The Morgan fingerprint density at radius 2 is 1.57 bits per heavy atom. The largest absolute Gasteiger partial charge is 0.465 e. The van der Waals surface area contributed by atoms with Gasteiger partial charge in [0.1, 0.15) is 5.57 Å². The van der Waals surface area contributed by atoms with Crippen LogP contribution in [0.2, 0.25) is 0 Å². The first kappa shape index (κ1) is 14.5. The Bertz CT molecular complexity index is 664. The van der Waals surface area contributed by atoms with E-state index in [0.29, 0.717) is 11.3 Å². The van der Waals surface area contributed by atoms with Crippen molar-refractivity contribution in [2.75, 3.05) is 7.11 Å². The van der Waals surface area contributed by atoms with Gasteiger partial charge in [-0.1, -0.05) is 48.5 Å². The number of ether oxygens (including phenoxy) is 1. The molecule has 2 rings (SSSR count). The van der Waals surface area contributed by atoms with E-state index in [1.165, 1.54) is 7.11 Å². The molecule has 0 atom stereocenters. The molecule has 0 aromatic heterocycles. The molecule has 5 heteroatoms. The summed E-state index contributed by atoms with van der Waals surface area (Å²) in [6.45, 7) is 0. The average Bonchev–Trinajstić information content (AvgIpc) is 2.55. The molecule has 0 aliphatic carbocycles. The van der Waals surface area contributed by atoms with Crippen molar-refractivity contribution in [2.24, 2.45) is 16.0 Å². The van der Waals surface area contributed by atoms with Crippen molar-refractivity contribution >= 4 is 17.2 Å². The third kappa shape index (κ3) is 3.76. The quantitative estimate of drug-likeness (QED) is 0.530. The van der Waals surface area contributed by atoms with Gasteiger partial charge in [-0.05, 0) is 17.7 Å². The van der Waals surface area contributed by atoms with E-state index in [4.69, 9.17) is 10.5 Å². The summed E-state index contributed by atoms with van der Waals surface area (Å²) < 4.78 is 4.76. The SMILES string of the molecule is COC(=O)/C(=C(\N)N=Nc1ccccc1)c1ccccc1. The topological polar surface area (TPSA) is 77.0 Å². The van der Waals surface area contributed by atoms with Crippen molar-refractivity contribution in [1.82, 2.24) is 0 Å². The van der Waals surface area contributed by atoms with Crippen LogP contribution in [0.5, 0.6) is 0 Å². The molecule has 2 aromatic carbocycles. The molecule has 0 saturated heterocycles. The van der Waals surface area contributed by atoms with Crippen molar-refractivity contribution in [3.05, 3.63) is 72.0 Å². The number of nitrogens with two attached hydrogens (primary N) is 1. The molecule has 0 spiro atoms. The zero-order chi connectivity index (χ0) is 15.1. The number of hydrogen-bond acceptors (Lipinski definition) is 5. The Kier molecular flexibility index (Phi) is 4.82. The third-order valence-corrected chi connectivity index (χ3v) is 2.74. The minimum Gasteiger partial charge on any atom is -0.465 e. The molecule has 0 saturated carbocycles. The Morgan fingerprint density at radius 3 is 2.14 bits per heavy atom. The van der Waals surface area contributed by atoms with Gasteiger partial charge in [0.2, 0.25) is 0 Å². The maximum Gasteiger partial charge on any atom is 0.342 e. The molecule has 106 valence electrons. The first-order chi connectivity index (χ1) is 10.2. The van der Waals surface area contributed by atoms with Crippen molar-refractivity contribution in [2.45, 2.75) is 0 Å². The summed E-state index contributed by atoms with van der Waals surface area (Å²) in [5.74, 6) is -0.539. The van der Waals surface area contributed by atoms with Crippen LogP contribution in [0, 0.1) is 0 Å². The Labute approximate surface area is 122 Å². The number of carbonyl (C=O) groups is 1. The summed E-state index contributed by atoms with van der Waals surface area (Å²) in [6, 6.07) is 18.1. The van der Waals surface area contributed by atoms with Crippen LogP contribution < -0.4 is 5.73 Å². The Hall–Kier alpha value is -2.95. The van der Waals surface area contributed by atoms with Crippen molar-refractivity contribution < 1.29 is 9.53 Å². The minimum absolute atomic E-state index is 0.0110. The zero-order valence-corrected chi connectivity index (χ0v) is 11.6. The fourth-order valence-electron chi connectivity index (χ4n) is 1.73. The molecular formula is C16H15N3O2. The summed E-state index contributed by atoms with van der Waals surface area (Å²) in [4.78, 5) is 11.9. The standard InChI is InChI=1S/C16H15N3O2/c1-21-16(20)14(12-8-4-2-5-9-12)15(17)19-18-13-10-6-3-7-11-13/h2-11H,17H2,1H3/b15-14+,19-18?. The van der Waals surface area contributed by atoms with E-state index in [1.54, 1.807) is 36.4 Å². The van der Waals surface area contributed by atoms with Crippen molar-refractivity contribution in [1.29, 1.82) is 0 Å². The van der Waals surface area contributed by atoms with Crippen molar-refractivity contribution in [3.63, 3.8) is 0 Å². The van der Waals surface area contributed by atoms with E-state index in [0.717, 1.165) is 0 Å². The molecule has 0 aliphatic rings. The monoisotopic (exact) mass is 281 g/mol. The average molecular weight is 281 g/mol. The maximum atomic E-state index is 11.9. The smallest absolute Gasteiger partial charge is 0.342 e. The third-order valence-electron chi connectivity index (χ3n) is 2.74. The van der Waals surface area contributed by atoms with E-state index >= 15 is 0 Å². The van der Waals surface area contributed by atoms with Crippen LogP contribution in [0.1, 0.15) is 5.56 Å². The molecule has 0 bridgehead atoms. The molecule has 0 radical (unpaired) electrons. The fraction of sp³-hybridized carbons (Fsp3) is 0.0625. The molecule has 0 unspecified atom stereocenters. The Morgan fingerprint density at radius 1 is 1.00 bits per heavy atom. The van der Waals surface area contributed by atoms with Gasteiger partial charge in [0.25, 0.3) is 0 Å². The lowest BCUT2D eigenvalue weighted by atomic mass is 10.1. The predicted octanol–water partition coefficient (Wildman–Crippen LogP) is 3.27. The van der Waals surface area contributed by atoms with Gasteiger partial charge in [0.05, 0.1) is 12.8 Å². The second-order valence-corrected chi connectivity index (χ2v) is 4.15. The molecule has 2 N–H and O–H groups in total. The number of nitrogens with zero attached hydrogens (tertiary/aromatic N) is 2. The van der Waals surface area contributed by atoms with Crippen LogP contribution in [-0.2, 0) is 9.53 Å². The van der Waals surface area contributed by atoms with Crippen molar-refractivity contribution in [3.8, 4) is 0 Å². The number of rotatable bonds is 4. The van der Waals surface area contributed by atoms with Crippen LogP contribution in [0.4, 0.5) is 5.69 Å². The molecule has 2 aromatic rings.